The van der Waals surface area contributed by atoms with E-state index in [4.69, 9.17) is 11.6 Å². The first-order valence-electron chi connectivity index (χ1n) is 7.17. The van der Waals surface area contributed by atoms with E-state index in [1.807, 2.05) is 12.1 Å². The number of hydrogen-bond acceptors (Lipinski definition) is 4. The molecule has 1 amide bonds. The summed E-state index contributed by atoms with van der Waals surface area (Å²) in [5.41, 5.74) is 0.992. The Morgan fingerprint density at radius 2 is 1.83 bits per heavy atom. The van der Waals surface area contributed by atoms with Crippen LogP contribution in [0.2, 0.25) is 5.02 Å². The summed E-state index contributed by atoms with van der Waals surface area (Å²) in [6, 6.07) is 13.1. The lowest BCUT2D eigenvalue weighted by molar-refractivity contribution is 0.0952. The second kappa shape index (κ2) is 6.62. The summed E-state index contributed by atoms with van der Waals surface area (Å²) in [6.07, 6.45) is 0. The van der Waals surface area contributed by atoms with Crippen molar-refractivity contribution in [3.8, 4) is 0 Å². The lowest BCUT2D eigenvalue weighted by Crippen LogP contribution is -2.29. The van der Waals surface area contributed by atoms with Crippen molar-refractivity contribution < 1.29 is 13.2 Å². The number of benzene rings is 2. The maximum absolute atomic E-state index is 12.2. The minimum absolute atomic E-state index is 0.00895. The summed E-state index contributed by atoms with van der Waals surface area (Å²) in [5.74, 6) is -0.623. The summed E-state index contributed by atoms with van der Waals surface area (Å²) in [6.45, 7) is -0.00895. The zero-order valence-corrected chi connectivity index (χ0v) is 14.1. The van der Waals surface area contributed by atoms with Crippen LogP contribution in [0, 0.1) is 0 Å². The van der Waals surface area contributed by atoms with Crippen LogP contribution in [0.15, 0.2) is 53.4 Å². The van der Waals surface area contributed by atoms with Gasteiger partial charge in [-0.05, 0) is 30.3 Å². The van der Waals surface area contributed by atoms with Crippen LogP contribution in [0.25, 0.3) is 10.9 Å². The Labute approximate surface area is 143 Å². The molecule has 24 heavy (non-hydrogen) atoms. The number of fused-ring (bicyclic) bond motifs is 1. The molecular formula is C16H14ClN3O3S. The predicted molar refractivity (Wildman–Crippen MR) is 91.9 cm³/mol. The molecule has 0 spiro atoms. The number of nitrogens with one attached hydrogen (secondary N) is 2. The largest absolute Gasteiger partial charge is 0.350 e. The molecule has 0 atom stereocenters. The monoisotopic (exact) mass is 363 g/mol. The first-order valence-corrected chi connectivity index (χ1v) is 9.20. The zero-order chi connectivity index (χ0) is 17.2. The third-order valence-electron chi connectivity index (χ3n) is 3.51. The summed E-state index contributed by atoms with van der Waals surface area (Å²) in [4.78, 5) is 12.4. The van der Waals surface area contributed by atoms with Crippen molar-refractivity contribution in [3.05, 3.63) is 59.2 Å². The molecule has 1 heterocycles. The Morgan fingerprint density at radius 3 is 2.58 bits per heavy atom. The van der Waals surface area contributed by atoms with Gasteiger partial charge in [-0.25, -0.2) is 8.42 Å². The fourth-order valence-electron chi connectivity index (χ4n) is 2.28. The lowest BCUT2D eigenvalue weighted by Gasteiger charge is -2.06. The van der Waals surface area contributed by atoms with Crippen molar-refractivity contribution >= 4 is 38.2 Å². The molecule has 0 aliphatic rings. The van der Waals surface area contributed by atoms with Crippen LogP contribution in [0.4, 0.5) is 0 Å². The average molecular weight is 364 g/mol. The number of aromatic amines is 1. The number of aromatic nitrogens is 2. The Bertz CT molecular complexity index is 981. The number of hydrogen-bond donors (Lipinski definition) is 2. The van der Waals surface area contributed by atoms with Gasteiger partial charge in [0.15, 0.2) is 15.5 Å². The third kappa shape index (κ3) is 3.42. The summed E-state index contributed by atoms with van der Waals surface area (Å²) in [5, 5.41) is 10.5. The molecule has 0 aliphatic carbocycles. The third-order valence-corrected chi connectivity index (χ3v) is 5.50. The maximum atomic E-state index is 12.2. The molecule has 3 rings (SSSR count). The number of H-pyrrole nitrogens is 1. The van der Waals surface area contributed by atoms with E-state index in [1.165, 1.54) is 24.3 Å². The number of sulfone groups is 1. The molecule has 6 nitrogen and oxygen atoms in total. The summed E-state index contributed by atoms with van der Waals surface area (Å²) < 4.78 is 24.4. The molecule has 0 unspecified atom stereocenters. The molecule has 2 N–H and O–H groups in total. The Kier molecular flexibility index (Phi) is 4.55. The van der Waals surface area contributed by atoms with Crippen LogP contribution in [-0.4, -0.2) is 36.8 Å². The van der Waals surface area contributed by atoms with Crippen LogP contribution in [0.3, 0.4) is 0 Å². The van der Waals surface area contributed by atoms with Gasteiger partial charge in [-0.1, -0.05) is 29.8 Å². The molecule has 0 radical (unpaired) electrons. The van der Waals surface area contributed by atoms with Gasteiger partial charge in [-0.3, -0.25) is 9.89 Å². The molecule has 3 aromatic rings. The van der Waals surface area contributed by atoms with E-state index in [2.05, 4.69) is 15.5 Å². The average Bonchev–Trinajstić information content (AvgIpc) is 2.99. The molecule has 8 heteroatoms. The highest BCUT2D eigenvalue weighted by atomic mass is 35.5. The van der Waals surface area contributed by atoms with E-state index in [-0.39, 0.29) is 22.9 Å². The SMILES string of the molecule is O=C(NCCS(=O)(=O)c1ccc(Cl)cc1)c1n[nH]c2ccccc12. The number of halogens is 1. The van der Waals surface area contributed by atoms with E-state index in [1.54, 1.807) is 12.1 Å². The van der Waals surface area contributed by atoms with Crippen LogP contribution in [-0.2, 0) is 9.84 Å². The van der Waals surface area contributed by atoms with E-state index in [0.717, 1.165) is 5.52 Å². The van der Waals surface area contributed by atoms with Gasteiger partial charge in [-0.15, -0.1) is 0 Å². The van der Waals surface area contributed by atoms with Crippen molar-refractivity contribution in [2.45, 2.75) is 4.90 Å². The van der Waals surface area contributed by atoms with Gasteiger partial charge in [0.05, 0.1) is 16.2 Å². The quantitative estimate of drug-likeness (QED) is 0.728. The fourth-order valence-corrected chi connectivity index (χ4v) is 3.56. The molecular weight excluding hydrogens is 350 g/mol. The van der Waals surface area contributed by atoms with Gasteiger partial charge in [0.25, 0.3) is 5.91 Å². The molecule has 1 aromatic heterocycles. The van der Waals surface area contributed by atoms with Gasteiger partial charge in [-0.2, -0.15) is 5.10 Å². The summed E-state index contributed by atoms with van der Waals surface area (Å²) in [7, 11) is -3.49. The Hall–Kier alpha value is -2.38. The Morgan fingerprint density at radius 1 is 1.12 bits per heavy atom. The van der Waals surface area contributed by atoms with Crippen molar-refractivity contribution in [1.82, 2.24) is 15.5 Å². The van der Waals surface area contributed by atoms with E-state index in [0.29, 0.717) is 10.4 Å². The summed E-state index contributed by atoms with van der Waals surface area (Å²) >= 11 is 5.75. The van der Waals surface area contributed by atoms with Gasteiger partial charge < -0.3 is 5.32 Å². The van der Waals surface area contributed by atoms with Crippen molar-refractivity contribution in [3.63, 3.8) is 0 Å². The highest BCUT2D eigenvalue weighted by Crippen LogP contribution is 2.16. The maximum Gasteiger partial charge on any atom is 0.272 e. The zero-order valence-electron chi connectivity index (χ0n) is 12.5. The van der Waals surface area contributed by atoms with Crippen LogP contribution < -0.4 is 5.32 Å². The topological polar surface area (TPSA) is 91.9 Å². The van der Waals surface area contributed by atoms with Crippen molar-refractivity contribution in [2.75, 3.05) is 12.3 Å². The number of carbonyl (C=O) groups excluding carboxylic acids is 1. The van der Waals surface area contributed by atoms with Crippen LogP contribution in [0.5, 0.6) is 0 Å². The van der Waals surface area contributed by atoms with Crippen molar-refractivity contribution in [1.29, 1.82) is 0 Å². The Balaban J connectivity index is 1.65. The minimum Gasteiger partial charge on any atom is -0.350 e. The van der Waals surface area contributed by atoms with Crippen LogP contribution >= 0.6 is 11.6 Å². The number of amides is 1. The first kappa shape index (κ1) is 16.5. The van der Waals surface area contributed by atoms with Crippen molar-refractivity contribution in [2.24, 2.45) is 0 Å². The first-order chi connectivity index (χ1) is 11.5. The van der Waals surface area contributed by atoms with E-state index in [9.17, 15) is 13.2 Å². The van der Waals surface area contributed by atoms with E-state index < -0.39 is 15.7 Å². The molecule has 0 saturated heterocycles. The number of rotatable bonds is 5. The highest BCUT2D eigenvalue weighted by molar-refractivity contribution is 7.91. The second-order valence-electron chi connectivity index (χ2n) is 5.15. The fraction of sp³-hybridized carbons (Fsp3) is 0.125. The van der Waals surface area contributed by atoms with E-state index >= 15 is 0 Å². The molecule has 2 aromatic carbocycles. The second-order valence-corrected chi connectivity index (χ2v) is 7.69. The number of nitrogens with zero attached hydrogens (tertiary/aromatic N) is 1. The van der Waals surface area contributed by atoms with Gasteiger partial charge in [0.1, 0.15) is 0 Å². The lowest BCUT2D eigenvalue weighted by atomic mass is 10.2. The molecule has 124 valence electrons. The van der Waals surface area contributed by atoms with Crippen LogP contribution in [0.1, 0.15) is 10.5 Å². The smallest absolute Gasteiger partial charge is 0.272 e. The highest BCUT2D eigenvalue weighted by Gasteiger charge is 2.17. The number of para-hydroxylation sites is 1. The van der Waals surface area contributed by atoms with Gasteiger partial charge >= 0.3 is 0 Å². The number of carbonyl (C=O) groups is 1. The predicted octanol–water partition coefficient (Wildman–Crippen LogP) is 2.42. The minimum atomic E-state index is -3.49. The molecule has 0 fully saturated rings. The normalized spacial score (nSPS) is 11.5. The van der Waals surface area contributed by atoms with Gasteiger partial charge in [0.2, 0.25) is 0 Å². The molecule has 0 aliphatic heterocycles. The molecule has 0 bridgehead atoms. The van der Waals surface area contributed by atoms with Gasteiger partial charge in [0, 0.05) is 17.0 Å². The molecule has 0 saturated carbocycles. The standard InChI is InChI=1S/C16H14ClN3O3S/c17-11-5-7-12(8-6-11)24(22,23)10-9-18-16(21)15-13-3-1-2-4-14(13)19-20-15/h1-8H,9-10H2,(H,18,21)(H,19,20).